The molecule has 1 fully saturated rings. The summed E-state index contributed by atoms with van der Waals surface area (Å²) in [7, 11) is 0. The molecule has 1 atom stereocenters. The third kappa shape index (κ3) is 6.50. The van der Waals surface area contributed by atoms with E-state index in [1.165, 1.54) is 0 Å². The number of benzene rings is 2. The van der Waals surface area contributed by atoms with Crippen molar-refractivity contribution in [1.29, 1.82) is 0 Å². The highest BCUT2D eigenvalue weighted by atomic mass is 16.5. The Morgan fingerprint density at radius 1 is 1.14 bits per heavy atom. The summed E-state index contributed by atoms with van der Waals surface area (Å²) in [4.78, 5) is 24.1. The van der Waals surface area contributed by atoms with Crippen LogP contribution in [-0.4, -0.2) is 44.2 Å². The van der Waals surface area contributed by atoms with Crippen LogP contribution < -0.4 is 20.7 Å². The molecule has 3 rings (SSSR count). The van der Waals surface area contributed by atoms with Crippen LogP contribution >= 0.6 is 0 Å². The number of amides is 2. The molecule has 1 unspecified atom stereocenters. The van der Waals surface area contributed by atoms with Gasteiger partial charge in [0.1, 0.15) is 12.4 Å². The Hall–Kier alpha value is -3.06. The Morgan fingerprint density at radius 3 is 2.69 bits per heavy atom. The highest BCUT2D eigenvalue weighted by Gasteiger charge is 2.16. The van der Waals surface area contributed by atoms with Crippen molar-refractivity contribution in [3.05, 3.63) is 54.1 Å². The van der Waals surface area contributed by atoms with Gasteiger partial charge in [-0.1, -0.05) is 6.07 Å². The topological polar surface area (TPSA) is 88.7 Å². The Labute approximate surface area is 170 Å². The van der Waals surface area contributed by atoms with Gasteiger partial charge in [0.15, 0.2) is 0 Å². The summed E-state index contributed by atoms with van der Waals surface area (Å²) in [6.45, 7) is 3.88. The van der Waals surface area contributed by atoms with Gasteiger partial charge in [-0.2, -0.15) is 0 Å². The molecule has 3 N–H and O–H groups in total. The van der Waals surface area contributed by atoms with Crippen molar-refractivity contribution in [1.82, 2.24) is 5.32 Å². The molecule has 0 aromatic heterocycles. The zero-order valence-corrected chi connectivity index (χ0v) is 16.6. The molecule has 1 heterocycles. The highest BCUT2D eigenvalue weighted by Crippen LogP contribution is 2.18. The maximum absolute atomic E-state index is 12.2. The monoisotopic (exact) mass is 397 g/mol. The first-order chi connectivity index (χ1) is 14.1. The Bertz CT molecular complexity index is 817. The second-order valence-corrected chi connectivity index (χ2v) is 6.81. The van der Waals surface area contributed by atoms with E-state index >= 15 is 0 Å². The minimum Gasteiger partial charge on any atom is -0.491 e. The molecule has 7 heteroatoms. The molecule has 2 amide bonds. The van der Waals surface area contributed by atoms with Gasteiger partial charge in [-0.3, -0.25) is 9.59 Å². The fourth-order valence-electron chi connectivity index (χ4n) is 3.02. The smallest absolute Gasteiger partial charge is 0.251 e. The lowest BCUT2D eigenvalue weighted by Gasteiger charge is -2.12. The molecule has 0 radical (unpaired) electrons. The van der Waals surface area contributed by atoms with Crippen molar-refractivity contribution in [2.45, 2.75) is 25.9 Å². The molecule has 0 spiro atoms. The maximum Gasteiger partial charge on any atom is 0.251 e. The number of nitrogens with one attached hydrogen (secondary N) is 3. The van der Waals surface area contributed by atoms with E-state index in [0.29, 0.717) is 30.1 Å². The normalized spacial score (nSPS) is 15.6. The van der Waals surface area contributed by atoms with Crippen molar-refractivity contribution in [3.8, 4) is 5.75 Å². The summed E-state index contributed by atoms with van der Waals surface area (Å²) in [6.07, 6.45) is 2.29. The van der Waals surface area contributed by atoms with E-state index in [2.05, 4.69) is 16.0 Å². The number of hydrogen-bond donors (Lipinski definition) is 3. The molecule has 1 aliphatic heterocycles. The molecule has 1 saturated heterocycles. The molecule has 0 aliphatic carbocycles. The fraction of sp³-hybridized carbons (Fsp3) is 0.364. The number of rotatable bonds is 9. The van der Waals surface area contributed by atoms with Gasteiger partial charge in [0.2, 0.25) is 5.91 Å². The van der Waals surface area contributed by atoms with Gasteiger partial charge in [-0.05, 0) is 62.2 Å². The zero-order valence-electron chi connectivity index (χ0n) is 16.6. The predicted molar refractivity (Wildman–Crippen MR) is 112 cm³/mol. The molecule has 154 valence electrons. The lowest BCUT2D eigenvalue weighted by atomic mass is 10.2. The summed E-state index contributed by atoms with van der Waals surface area (Å²) in [5.41, 5.74) is 1.95. The van der Waals surface area contributed by atoms with Crippen LogP contribution in [0.5, 0.6) is 5.75 Å². The van der Waals surface area contributed by atoms with Gasteiger partial charge in [-0.15, -0.1) is 0 Å². The van der Waals surface area contributed by atoms with E-state index < -0.39 is 0 Å². The van der Waals surface area contributed by atoms with Gasteiger partial charge < -0.3 is 25.4 Å². The van der Waals surface area contributed by atoms with Crippen LogP contribution in [0.15, 0.2) is 48.5 Å². The Kier molecular flexibility index (Phi) is 7.47. The maximum atomic E-state index is 12.2. The van der Waals surface area contributed by atoms with Gasteiger partial charge in [0.25, 0.3) is 5.91 Å². The molecule has 0 saturated carbocycles. The van der Waals surface area contributed by atoms with Gasteiger partial charge in [0.05, 0.1) is 12.6 Å². The van der Waals surface area contributed by atoms with Crippen molar-refractivity contribution < 1.29 is 19.1 Å². The minimum atomic E-state index is -0.179. The van der Waals surface area contributed by atoms with Gasteiger partial charge >= 0.3 is 0 Å². The Morgan fingerprint density at radius 2 is 1.97 bits per heavy atom. The number of carbonyl (C=O) groups is 2. The van der Waals surface area contributed by atoms with Crippen LogP contribution in [0.25, 0.3) is 0 Å². The summed E-state index contributed by atoms with van der Waals surface area (Å²) < 4.78 is 11.3. The molecule has 2 aromatic rings. The van der Waals surface area contributed by atoms with Crippen LogP contribution in [-0.2, 0) is 9.53 Å². The van der Waals surface area contributed by atoms with E-state index in [-0.39, 0.29) is 24.5 Å². The number of carbonyl (C=O) groups excluding carboxylic acids is 2. The molecular formula is C22H27N3O4. The largest absolute Gasteiger partial charge is 0.491 e. The average molecular weight is 397 g/mol. The summed E-state index contributed by atoms with van der Waals surface area (Å²) in [5.74, 6) is 0.433. The van der Waals surface area contributed by atoms with Crippen LogP contribution in [0.3, 0.4) is 0 Å². The van der Waals surface area contributed by atoms with Crippen molar-refractivity contribution in [2.75, 3.05) is 36.9 Å². The minimum absolute atomic E-state index is 0.0934. The second-order valence-electron chi connectivity index (χ2n) is 6.81. The van der Waals surface area contributed by atoms with Gasteiger partial charge in [-0.25, -0.2) is 0 Å². The Balaban J connectivity index is 1.44. The first kappa shape index (κ1) is 20.7. The summed E-state index contributed by atoms with van der Waals surface area (Å²) >= 11 is 0. The summed E-state index contributed by atoms with van der Waals surface area (Å²) in [5, 5.41) is 8.62. The predicted octanol–water partition coefficient (Wildman–Crippen LogP) is 3.04. The third-order valence-electron chi connectivity index (χ3n) is 4.51. The van der Waals surface area contributed by atoms with Gasteiger partial charge in [0, 0.05) is 30.1 Å². The quantitative estimate of drug-likeness (QED) is 0.605. The third-order valence-corrected chi connectivity index (χ3v) is 4.51. The van der Waals surface area contributed by atoms with E-state index in [1.54, 1.807) is 30.3 Å². The first-order valence-electron chi connectivity index (χ1n) is 9.90. The van der Waals surface area contributed by atoms with E-state index in [9.17, 15) is 9.59 Å². The number of anilines is 2. The second kappa shape index (κ2) is 10.5. The molecule has 2 aromatic carbocycles. The first-order valence-corrected chi connectivity index (χ1v) is 9.90. The number of ether oxygens (including phenoxy) is 2. The zero-order chi connectivity index (χ0) is 20.5. The average Bonchev–Trinajstić information content (AvgIpc) is 3.26. The standard InChI is InChI=1S/C22H27N3O4/c1-2-23-22(27)16-5-3-6-18(13-16)24-14-21(26)25-17-8-10-19(11-9-17)29-15-20-7-4-12-28-20/h3,5-6,8-11,13,20,24H,2,4,7,12,14-15H2,1H3,(H,23,27)(H,25,26). The molecular weight excluding hydrogens is 370 g/mol. The molecule has 1 aliphatic rings. The lowest BCUT2D eigenvalue weighted by Crippen LogP contribution is -2.23. The van der Waals surface area contributed by atoms with Crippen molar-refractivity contribution >= 4 is 23.2 Å². The van der Waals surface area contributed by atoms with Crippen LogP contribution in [0.2, 0.25) is 0 Å². The van der Waals surface area contributed by atoms with E-state index in [0.717, 1.165) is 25.2 Å². The molecule has 29 heavy (non-hydrogen) atoms. The van der Waals surface area contributed by atoms with E-state index in [1.807, 2.05) is 25.1 Å². The van der Waals surface area contributed by atoms with Crippen molar-refractivity contribution in [3.63, 3.8) is 0 Å². The number of hydrogen-bond acceptors (Lipinski definition) is 5. The summed E-state index contributed by atoms with van der Waals surface area (Å²) in [6, 6.07) is 14.3. The molecule has 0 bridgehead atoms. The fourth-order valence-corrected chi connectivity index (χ4v) is 3.02. The van der Waals surface area contributed by atoms with Crippen LogP contribution in [0.1, 0.15) is 30.1 Å². The highest BCUT2D eigenvalue weighted by molar-refractivity contribution is 5.96. The van der Waals surface area contributed by atoms with Crippen molar-refractivity contribution in [2.24, 2.45) is 0 Å². The molecule has 7 nitrogen and oxygen atoms in total. The van der Waals surface area contributed by atoms with Crippen LogP contribution in [0.4, 0.5) is 11.4 Å². The van der Waals surface area contributed by atoms with Crippen LogP contribution in [0, 0.1) is 0 Å². The van der Waals surface area contributed by atoms with E-state index in [4.69, 9.17) is 9.47 Å². The SMILES string of the molecule is CCNC(=O)c1cccc(NCC(=O)Nc2ccc(OCC3CCCO3)cc2)c1. The lowest BCUT2D eigenvalue weighted by molar-refractivity contribution is -0.114.